The van der Waals surface area contributed by atoms with Crippen molar-refractivity contribution in [2.24, 2.45) is 0 Å². The second-order valence-corrected chi connectivity index (χ2v) is 4.66. The quantitative estimate of drug-likeness (QED) is 0.884. The first-order chi connectivity index (χ1) is 8.69. The number of benzene rings is 1. The number of hydrogen-bond acceptors (Lipinski definition) is 3. The van der Waals surface area contributed by atoms with Crippen LogP contribution in [0.2, 0.25) is 0 Å². The Morgan fingerprint density at radius 1 is 1.39 bits per heavy atom. The summed E-state index contributed by atoms with van der Waals surface area (Å²) in [6.45, 7) is 2.19. The van der Waals surface area contributed by atoms with Gasteiger partial charge in [0.1, 0.15) is 5.82 Å². The van der Waals surface area contributed by atoms with E-state index >= 15 is 0 Å². The van der Waals surface area contributed by atoms with Crippen LogP contribution in [0.15, 0.2) is 34.9 Å². The highest BCUT2D eigenvalue weighted by Crippen LogP contribution is 2.19. The highest BCUT2D eigenvalue weighted by molar-refractivity contribution is 9.10. The lowest BCUT2D eigenvalue weighted by atomic mass is 10.2. The smallest absolute Gasteiger partial charge is 0.311 e. The second-order valence-electron chi connectivity index (χ2n) is 3.75. The van der Waals surface area contributed by atoms with E-state index in [-0.39, 0.29) is 12.4 Å². The van der Waals surface area contributed by atoms with E-state index < -0.39 is 0 Å². The fourth-order valence-electron chi connectivity index (χ4n) is 1.57. The number of H-pyrrole nitrogens is 1. The summed E-state index contributed by atoms with van der Waals surface area (Å²) in [4.78, 5) is 18.7. The van der Waals surface area contributed by atoms with Gasteiger partial charge < -0.3 is 9.72 Å². The number of imidazole rings is 1. The summed E-state index contributed by atoms with van der Waals surface area (Å²) in [5, 5.41) is 0. The number of nitrogens with one attached hydrogen (secondary N) is 1. The summed E-state index contributed by atoms with van der Waals surface area (Å²) in [6, 6.07) is 7.81. The van der Waals surface area contributed by atoms with Crippen LogP contribution in [0.4, 0.5) is 0 Å². The third kappa shape index (κ3) is 3.20. The summed E-state index contributed by atoms with van der Waals surface area (Å²) >= 11 is 3.38. The average molecular weight is 309 g/mol. The number of nitrogens with zero attached hydrogens (tertiary/aromatic N) is 1. The first-order valence-electron chi connectivity index (χ1n) is 5.64. The molecule has 0 radical (unpaired) electrons. The first kappa shape index (κ1) is 12.8. The van der Waals surface area contributed by atoms with Crippen molar-refractivity contribution in [1.29, 1.82) is 0 Å². The number of esters is 1. The molecule has 2 rings (SSSR count). The number of rotatable bonds is 4. The molecule has 0 aliphatic rings. The molecule has 0 saturated carbocycles. The Hall–Kier alpha value is -1.62. The van der Waals surface area contributed by atoms with E-state index in [1.165, 1.54) is 0 Å². The van der Waals surface area contributed by atoms with Gasteiger partial charge >= 0.3 is 5.97 Å². The minimum Gasteiger partial charge on any atom is -0.466 e. The van der Waals surface area contributed by atoms with E-state index in [0.29, 0.717) is 6.61 Å². The van der Waals surface area contributed by atoms with Crippen LogP contribution in [0, 0.1) is 0 Å². The maximum atomic E-state index is 11.3. The SMILES string of the molecule is CCOC(=O)Cc1cnc(-c2ccc(Br)cc2)[nH]1. The topological polar surface area (TPSA) is 55.0 Å². The van der Waals surface area contributed by atoms with Gasteiger partial charge in [-0.05, 0) is 19.1 Å². The van der Waals surface area contributed by atoms with Crippen molar-refractivity contribution in [2.75, 3.05) is 6.61 Å². The summed E-state index contributed by atoms with van der Waals surface area (Å²) in [5.74, 6) is 0.505. The van der Waals surface area contributed by atoms with Crippen LogP contribution in [0.3, 0.4) is 0 Å². The molecule has 0 atom stereocenters. The number of aromatic nitrogens is 2. The molecular weight excluding hydrogens is 296 g/mol. The van der Waals surface area contributed by atoms with Crippen molar-refractivity contribution in [3.8, 4) is 11.4 Å². The van der Waals surface area contributed by atoms with E-state index in [1.807, 2.05) is 24.3 Å². The minimum absolute atomic E-state index is 0.220. The van der Waals surface area contributed by atoms with Crippen LogP contribution in [-0.4, -0.2) is 22.5 Å². The Balaban J connectivity index is 2.10. The van der Waals surface area contributed by atoms with Crippen molar-refractivity contribution >= 4 is 21.9 Å². The Kier molecular flexibility index (Phi) is 4.15. The molecule has 1 aromatic carbocycles. The van der Waals surface area contributed by atoms with E-state index in [2.05, 4.69) is 25.9 Å². The molecule has 0 saturated heterocycles. The lowest BCUT2D eigenvalue weighted by Crippen LogP contribution is -2.07. The molecule has 1 heterocycles. The molecule has 0 fully saturated rings. The monoisotopic (exact) mass is 308 g/mol. The van der Waals surface area contributed by atoms with Crippen molar-refractivity contribution in [2.45, 2.75) is 13.3 Å². The molecule has 5 heteroatoms. The molecule has 1 aromatic heterocycles. The van der Waals surface area contributed by atoms with Crippen LogP contribution in [0.5, 0.6) is 0 Å². The molecule has 4 nitrogen and oxygen atoms in total. The molecule has 0 aliphatic heterocycles. The van der Waals surface area contributed by atoms with Crippen molar-refractivity contribution < 1.29 is 9.53 Å². The maximum Gasteiger partial charge on any atom is 0.311 e. The zero-order valence-electron chi connectivity index (χ0n) is 9.94. The summed E-state index contributed by atoms with van der Waals surface area (Å²) in [7, 11) is 0. The standard InChI is InChI=1S/C13H13BrN2O2/c1-2-18-12(17)7-11-8-15-13(16-11)9-3-5-10(14)6-4-9/h3-6,8H,2,7H2,1H3,(H,15,16). The fraction of sp³-hybridized carbons (Fsp3) is 0.231. The Bertz CT molecular complexity index is 534. The second kappa shape index (κ2) is 5.82. The van der Waals surface area contributed by atoms with E-state index in [1.54, 1.807) is 13.1 Å². The molecule has 0 amide bonds. The predicted octanol–water partition coefficient (Wildman–Crippen LogP) is 2.94. The lowest BCUT2D eigenvalue weighted by Gasteiger charge is -1.99. The van der Waals surface area contributed by atoms with Gasteiger partial charge in [0.05, 0.1) is 13.0 Å². The van der Waals surface area contributed by atoms with Gasteiger partial charge in [0.25, 0.3) is 0 Å². The Morgan fingerprint density at radius 2 is 2.11 bits per heavy atom. The molecule has 0 spiro atoms. The van der Waals surface area contributed by atoms with Crippen LogP contribution in [0.1, 0.15) is 12.6 Å². The first-order valence-corrected chi connectivity index (χ1v) is 6.43. The van der Waals surface area contributed by atoms with E-state index in [9.17, 15) is 4.79 Å². The molecule has 94 valence electrons. The zero-order chi connectivity index (χ0) is 13.0. The lowest BCUT2D eigenvalue weighted by molar-refractivity contribution is -0.142. The van der Waals surface area contributed by atoms with Crippen LogP contribution in [-0.2, 0) is 16.0 Å². The van der Waals surface area contributed by atoms with Gasteiger partial charge in [-0.2, -0.15) is 0 Å². The number of hydrogen-bond donors (Lipinski definition) is 1. The third-order valence-electron chi connectivity index (χ3n) is 2.39. The number of carbonyl (C=O) groups is 1. The van der Waals surface area contributed by atoms with Gasteiger partial charge in [-0.3, -0.25) is 4.79 Å². The van der Waals surface area contributed by atoms with Gasteiger partial charge in [0.15, 0.2) is 0 Å². The van der Waals surface area contributed by atoms with Crippen LogP contribution >= 0.6 is 15.9 Å². The molecule has 0 aliphatic carbocycles. The normalized spacial score (nSPS) is 10.3. The van der Waals surface area contributed by atoms with Gasteiger partial charge in [0.2, 0.25) is 0 Å². The van der Waals surface area contributed by atoms with Crippen LogP contribution in [0.25, 0.3) is 11.4 Å². The van der Waals surface area contributed by atoms with Gasteiger partial charge in [-0.25, -0.2) is 4.98 Å². The van der Waals surface area contributed by atoms with Gasteiger partial charge in [-0.1, -0.05) is 28.1 Å². The van der Waals surface area contributed by atoms with Crippen molar-refractivity contribution in [3.63, 3.8) is 0 Å². The Morgan fingerprint density at radius 3 is 2.78 bits per heavy atom. The molecule has 18 heavy (non-hydrogen) atoms. The van der Waals surface area contributed by atoms with Crippen molar-refractivity contribution in [3.05, 3.63) is 40.6 Å². The molecule has 0 unspecified atom stereocenters. The van der Waals surface area contributed by atoms with E-state index in [4.69, 9.17) is 4.74 Å². The van der Waals surface area contributed by atoms with Crippen molar-refractivity contribution in [1.82, 2.24) is 9.97 Å². The third-order valence-corrected chi connectivity index (χ3v) is 2.91. The number of halogens is 1. The van der Waals surface area contributed by atoms with Crippen LogP contribution < -0.4 is 0 Å². The molecular formula is C13H13BrN2O2. The highest BCUT2D eigenvalue weighted by atomic mass is 79.9. The molecule has 2 aromatic rings. The van der Waals surface area contributed by atoms with Gasteiger partial charge in [-0.15, -0.1) is 0 Å². The summed E-state index contributed by atoms with van der Waals surface area (Å²) < 4.78 is 5.90. The summed E-state index contributed by atoms with van der Waals surface area (Å²) in [5.41, 5.74) is 1.74. The molecule has 0 bridgehead atoms. The fourth-order valence-corrected chi connectivity index (χ4v) is 1.84. The average Bonchev–Trinajstić information content (AvgIpc) is 2.78. The zero-order valence-corrected chi connectivity index (χ0v) is 11.5. The predicted molar refractivity (Wildman–Crippen MR) is 72.1 cm³/mol. The largest absolute Gasteiger partial charge is 0.466 e. The Labute approximate surface area is 114 Å². The summed E-state index contributed by atoms with van der Waals surface area (Å²) in [6.07, 6.45) is 1.88. The minimum atomic E-state index is -0.247. The van der Waals surface area contributed by atoms with Gasteiger partial charge in [0, 0.05) is 21.9 Å². The maximum absolute atomic E-state index is 11.3. The number of ether oxygens (including phenoxy) is 1. The van der Waals surface area contributed by atoms with E-state index in [0.717, 1.165) is 21.6 Å². The number of aromatic amines is 1. The highest BCUT2D eigenvalue weighted by Gasteiger charge is 2.08. The number of carbonyl (C=O) groups excluding carboxylic acids is 1. The molecule has 1 N–H and O–H groups in total.